The van der Waals surface area contributed by atoms with Gasteiger partial charge in [-0.05, 0) is 25.5 Å². The molecule has 0 heterocycles. The van der Waals surface area contributed by atoms with Gasteiger partial charge in [-0.25, -0.2) is 0 Å². The van der Waals surface area contributed by atoms with Gasteiger partial charge in [0.1, 0.15) is 18.0 Å². The van der Waals surface area contributed by atoms with E-state index < -0.39 is 0 Å². The number of nitro groups is 1. The van der Waals surface area contributed by atoms with Crippen molar-refractivity contribution < 1.29 is 14.4 Å². The first-order valence-electron chi connectivity index (χ1n) is 6.03. The van der Waals surface area contributed by atoms with E-state index in [9.17, 15) is 10.1 Å². The molecule has 6 heteroatoms. The summed E-state index contributed by atoms with van der Waals surface area (Å²) < 4.78 is 11.2. The third kappa shape index (κ3) is 2.74. The van der Waals surface area contributed by atoms with Gasteiger partial charge in [0.05, 0.1) is 4.92 Å². The molecule has 1 aliphatic rings. The van der Waals surface area contributed by atoms with E-state index in [-0.39, 0.29) is 22.8 Å². The van der Waals surface area contributed by atoms with Crippen LogP contribution in [0.25, 0.3) is 0 Å². The highest BCUT2D eigenvalue weighted by molar-refractivity contribution is 9.09. The van der Waals surface area contributed by atoms with Crippen molar-refractivity contribution in [1.29, 1.82) is 0 Å². The van der Waals surface area contributed by atoms with Crippen LogP contribution in [0, 0.1) is 24.0 Å². The minimum Gasteiger partial charge on any atom is -0.487 e. The molecule has 0 N–H and O–H groups in total. The maximum atomic E-state index is 10.9. The number of hydrogen-bond donors (Lipinski definition) is 0. The third-order valence-corrected chi connectivity index (χ3v) is 4.32. The third-order valence-electron chi connectivity index (χ3n) is 3.42. The second-order valence-electron chi connectivity index (χ2n) is 4.77. The SMILES string of the molecule is COC1C(Br)CC1Oc1cc(C)c([N+](=O)[O-])cc1C. The molecule has 0 bridgehead atoms. The number of ether oxygens (including phenoxy) is 2. The van der Waals surface area contributed by atoms with Gasteiger partial charge < -0.3 is 9.47 Å². The van der Waals surface area contributed by atoms with E-state index in [0.717, 1.165) is 12.0 Å². The molecule has 19 heavy (non-hydrogen) atoms. The number of nitrogens with zero attached hydrogens (tertiary/aromatic N) is 1. The molecular formula is C13H16BrNO4. The molecule has 0 amide bonds. The van der Waals surface area contributed by atoms with Gasteiger partial charge in [-0.2, -0.15) is 0 Å². The average Bonchev–Trinajstić information content (AvgIpc) is 2.32. The van der Waals surface area contributed by atoms with Crippen LogP contribution in [0.3, 0.4) is 0 Å². The predicted molar refractivity (Wildman–Crippen MR) is 75.1 cm³/mol. The zero-order chi connectivity index (χ0) is 14.2. The first kappa shape index (κ1) is 14.3. The molecule has 2 rings (SSSR count). The van der Waals surface area contributed by atoms with Gasteiger partial charge in [-0.15, -0.1) is 0 Å². The van der Waals surface area contributed by atoms with E-state index in [1.165, 1.54) is 0 Å². The normalized spacial score (nSPS) is 25.8. The second-order valence-corrected chi connectivity index (χ2v) is 5.95. The molecule has 1 aromatic carbocycles. The molecule has 0 spiro atoms. The van der Waals surface area contributed by atoms with Crippen LogP contribution in [-0.2, 0) is 4.74 Å². The molecule has 0 saturated heterocycles. The van der Waals surface area contributed by atoms with E-state index in [1.54, 1.807) is 26.2 Å². The topological polar surface area (TPSA) is 61.6 Å². The molecule has 3 atom stereocenters. The molecule has 1 saturated carbocycles. The number of alkyl halides is 1. The fraction of sp³-hybridized carbons (Fsp3) is 0.538. The Bertz CT molecular complexity index is 506. The summed E-state index contributed by atoms with van der Waals surface area (Å²) >= 11 is 3.51. The minimum atomic E-state index is -0.373. The Morgan fingerprint density at radius 1 is 1.37 bits per heavy atom. The highest BCUT2D eigenvalue weighted by Gasteiger charge is 2.42. The number of hydrogen-bond acceptors (Lipinski definition) is 4. The first-order valence-corrected chi connectivity index (χ1v) is 6.94. The number of methoxy groups -OCH3 is 1. The molecule has 0 aromatic heterocycles. The summed E-state index contributed by atoms with van der Waals surface area (Å²) in [6.45, 7) is 3.53. The van der Waals surface area contributed by atoms with Crippen LogP contribution in [0.15, 0.2) is 12.1 Å². The van der Waals surface area contributed by atoms with Gasteiger partial charge in [-0.1, -0.05) is 15.9 Å². The molecule has 3 unspecified atom stereocenters. The van der Waals surface area contributed by atoms with Crippen molar-refractivity contribution in [2.75, 3.05) is 7.11 Å². The second kappa shape index (κ2) is 5.46. The number of rotatable bonds is 4. The van der Waals surface area contributed by atoms with Gasteiger partial charge >= 0.3 is 0 Å². The minimum absolute atomic E-state index is 0.00562. The molecule has 0 aliphatic heterocycles. The van der Waals surface area contributed by atoms with E-state index in [4.69, 9.17) is 9.47 Å². The van der Waals surface area contributed by atoms with Crippen molar-refractivity contribution in [3.05, 3.63) is 33.4 Å². The standard InChI is InChI=1S/C13H16BrNO4/c1-7-5-11(8(2)4-10(7)15(16)17)19-12-6-9(14)13(12)18-3/h4-5,9,12-13H,6H2,1-3H3. The van der Waals surface area contributed by atoms with Crippen LogP contribution in [0.1, 0.15) is 17.5 Å². The smallest absolute Gasteiger partial charge is 0.272 e. The molecule has 104 valence electrons. The zero-order valence-corrected chi connectivity index (χ0v) is 12.6. The molecule has 1 fully saturated rings. The Balaban J connectivity index is 2.18. The molecular weight excluding hydrogens is 314 g/mol. The summed E-state index contributed by atoms with van der Waals surface area (Å²) in [6.07, 6.45) is 0.886. The Hall–Kier alpha value is -1.14. The fourth-order valence-corrected chi connectivity index (χ4v) is 3.13. The average molecular weight is 330 g/mol. The van der Waals surface area contributed by atoms with Crippen molar-refractivity contribution in [3.8, 4) is 5.75 Å². The van der Waals surface area contributed by atoms with Crippen LogP contribution in [0.2, 0.25) is 0 Å². The summed E-state index contributed by atoms with van der Waals surface area (Å²) in [4.78, 5) is 10.8. The lowest BCUT2D eigenvalue weighted by molar-refractivity contribution is -0.385. The van der Waals surface area contributed by atoms with Crippen LogP contribution in [-0.4, -0.2) is 29.1 Å². The van der Waals surface area contributed by atoms with Gasteiger partial charge in [-0.3, -0.25) is 10.1 Å². The van der Waals surface area contributed by atoms with Crippen molar-refractivity contribution in [2.45, 2.75) is 37.3 Å². The van der Waals surface area contributed by atoms with Crippen LogP contribution in [0.5, 0.6) is 5.75 Å². The Labute approximate surface area is 120 Å². The summed E-state index contributed by atoms with van der Waals surface area (Å²) in [5.41, 5.74) is 1.50. The van der Waals surface area contributed by atoms with Gasteiger partial charge in [0.2, 0.25) is 0 Å². The van der Waals surface area contributed by atoms with Crippen LogP contribution in [0.4, 0.5) is 5.69 Å². The van der Waals surface area contributed by atoms with Crippen LogP contribution < -0.4 is 4.74 Å². The number of halogens is 1. The largest absolute Gasteiger partial charge is 0.487 e. The van der Waals surface area contributed by atoms with Crippen molar-refractivity contribution in [1.82, 2.24) is 0 Å². The molecule has 1 aliphatic carbocycles. The lowest BCUT2D eigenvalue weighted by Gasteiger charge is -2.40. The van der Waals surface area contributed by atoms with E-state index in [2.05, 4.69) is 15.9 Å². The molecule has 5 nitrogen and oxygen atoms in total. The van der Waals surface area contributed by atoms with E-state index in [0.29, 0.717) is 16.1 Å². The zero-order valence-electron chi connectivity index (χ0n) is 11.1. The first-order chi connectivity index (χ1) is 8.93. The monoisotopic (exact) mass is 329 g/mol. The number of aryl methyl sites for hydroxylation is 2. The van der Waals surface area contributed by atoms with E-state index >= 15 is 0 Å². The summed E-state index contributed by atoms with van der Waals surface area (Å²) in [6, 6.07) is 3.28. The molecule has 0 radical (unpaired) electrons. The maximum Gasteiger partial charge on any atom is 0.272 e. The summed E-state index contributed by atoms with van der Waals surface area (Å²) in [5.74, 6) is 0.689. The van der Waals surface area contributed by atoms with Crippen LogP contribution >= 0.6 is 15.9 Å². The Morgan fingerprint density at radius 3 is 2.58 bits per heavy atom. The lowest BCUT2D eigenvalue weighted by Crippen LogP contribution is -2.51. The van der Waals surface area contributed by atoms with Gasteiger partial charge in [0, 0.05) is 30.0 Å². The van der Waals surface area contributed by atoms with E-state index in [1.807, 2.05) is 6.92 Å². The number of benzene rings is 1. The highest BCUT2D eigenvalue weighted by atomic mass is 79.9. The fourth-order valence-electron chi connectivity index (χ4n) is 2.20. The maximum absolute atomic E-state index is 10.9. The van der Waals surface area contributed by atoms with Gasteiger partial charge in [0.25, 0.3) is 5.69 Å². The van der Waals surface area contributed by atoms with Crippen molar-refractivity contribution >= 4 is 21.6 Å². The quantitative estimate of drug-likeness (QED) is 0.483. The Kier molecular flexibility index (Phi) is 4.10. The predicted octanol–water partition coefficient (Wildman–Crippen LogP) is 3.14. The summed E-state index contributed by atoms with van der Waals surface area (Å²) in [7, 11) is 1.66. The van der Waals surface area contributed by atoms with Gasteiger partial charge in [0.15, 0.2) is 0 Å². The lowest BCUT2D eigenvalue weighted by atomic mass is 9.91. The highest BCUT2D eigenvalue weighted by Crippen LogP contribution is 2.36. The Morgan fingerprint density at radius 2 is 2.05 bits per heavy atom. The number of nitro benzene ring substituents is 1. The summed E-state index contributed by atoms with van der Waals surface area (Å²) in [5, 5.41) is 10.9. The van der Waals surface area contributed by atoms with Crippen molar-refractivity contribution in [3.63, 3.8) is 0 Å². The van der Waals surface area contributed by atoms with Crippen molar-refractivity contribution in [2.24, 2.45) is 0 Å². The molecule has 1 aromatic rings.